The maximum atomic E-state index is 13.1. The molecule has 1 heterocycles. The number of hydrogen-bond donors (Lipinski definition) is 1. The minimum atomic E-state index is -0.889. The highest BCUT2D eigenvalue weighted by Crippen LogP contribution is 2.18. The van der Waals surface area contributed by atoms with Gasteiger partial charge in [-0.1, -0.05) is 19.1 Å². The lowest BCUT2D eigenvalue weighted by atomic mass is 10.1. The Labute approximate surface area is 110 Å². The first-order chi connectivity index (χ1) is 9.06. The van der Waals surface area contributed by atoms with Crippen LogP contribution < -0.4 is 0 Å². The van der Waals surface area contributed by atoms with Crippen molar-refractivity contribution in [3.05, 3.63) is 48.2 Å². The Morgan fingerprint density at radius 1 is 1.42 bits per heavy atom. The lowest BCUT2D eigenvalue weighted by Gasteiger charge is -2.06. The van der Waals surface area contributed by atoms with E-state index in [2.05, 4.69) is 9.97 Å². The fraction of sp³-hybridized carbons (Fsp3) is 0.214. The molecule has 0 radical (unpaired) electrons. The summed E-state index contributed by atoms with van der Waals surface area (Å²) in [5.41, 5.74) is 1.23. The minimum Gasteiger partial charge on any atom is -0.481 e. The number of benzene rings is 1. The van der Waals surface area contributed by atoms with Crippen LogP contribution in [0.4, 0.5) is 4.39 Å². The quantitative estimate of drug-likeness (QED) is 0.917. The third-order valence-electron chi connectivity index (χ3n) is 2.74. The molecular weight excluding hydrogens is 247 g/mol. The highest BCUT2D eigenvalue weighted by atomic mass is 19.1. The van der Waals surface area contributed by atoms with Gasteiger partial charge in [0.2, 0.25) is 0 Å². The number of aromatic nitrogens is 2. The molecule has 0 saturated carbocycles. The molecule has 0 amide bonds. The van der Waals surface area contributed by atoms with Crippen LogP contribution >= 0.6 is 0 Å². The van der Waals surface area contributed by atoms with Gasteiger partial charge in [0.15, 0.2) is 0 Å². The van der Waals surface area contributed by atoms with Crippen molar-refractivity contribution >= 4 is 5.97 Å². The van der Waals surface area contributed by atoms with E-state index in [4.69, 9.17) is 5.11 Å². The van der Waals surface area contributed by atoms with E-state index < -0.39 is 11.9 Å². The van der Waals surface area contributed by atoms with Crippen molar-refractivity contribution in [3.63, 3.8) is 0 Å². The molecule has 0 aliphatic heterocycles. The molecule has 0 fully saturated rings. The Morgan fingerprint density at radius 3 is 2.89 bits per heavy atom. The Kier molecular flexibility index (Phi) is 3.85. The molecule has 0 saturated heterocycles. The summed E-state index contributed by atoms with van der Waals surface area (Å²) >= 11 is 0. The van der Waals surface area contributed by atoms with E-state index in [0.29, 0.717) is 17.1 Å². The normalized spacial score (nSPS) is 12.1. The second-order valence-corrected chi connectivity index (χ2v) is 4.31. The van der Waals surface area contributed by atoms with Crippen LogP contribution in [0.3, 0.4) is 0 Å². The zero-order valence-corrected chi connectivity index (χ0v) is 10.4. The van der Waals surface area contributed by atoms with Crippen LogP contribution in [0.1, 0.15) is 12.7 Å². The van der Waals surface area contributed by atoms with E-state index in [-0.39, 0.29) is 12.2 Å². The molecule has 5 heteroatoms. The minimum absolute atomic E-state index is 0.249. The van der Waals surface area contributed by atoms with Gasteiger partial charge in [0.1, 0.15) is 11.6 Å². The first-order valence-corrected chi connectivity index (χ1v) is 5.87. The van der Waals surface area contributed by atoms with E-state index in [1.54, 1.807) is 31.3 Å². The summed E-state index contributed by atoms with van der Waals surface area (Å²) < 4.78 is 13.1. The first kappa shape index (κ1) is 13.1. The fourth-order valence-electron chi connectivity index (χ4n) is 1.67. The van der Waals surface area contributed by atoms with E-state index in [1.807, 2.05) is 0 Å². The number of hydrogen-bond acceptors (Lipinski definition) is 3. The Bertz CT molecular complexity index is 602. The summed E-state index contributed by atoms with van der Waals surface area (Å²) in [4.78, 5) is 19.1. The topological polar surface area (TPSA) is 63.1 Å². The summed E-state index contributed by atoms with van der Waals surface area (Å²) in [7, 11) is 0. The summed E-state index contributed by atoms with van der Waals surface area (Å²) in [6.45, 7) is 1.60. The average molecular weight is 260 g/mol. The summed E-state index contributed by atoms with van der Waals surface area (Å²) in [6.07, 6.45) is 1.80. The lowest BCUT2D eigenvalue weighted by Crippen LogP contribution is -2.14. The maximum Gasteiger partial charge on any atom is 0.306 e. The van der Waals surface area contributed by atoms with Crippen LogP contribution in [0.25, 0.3) is 11.3 Å². The smallest absolute Gasteiger partial charge is 0.306 e. The molecule has 4 nitrogen and oxygen atoms in total. The SMILES string of the molecule is CC(Cc1nccc(-c2cccc(F)c2)n1)C(=O)O. The third kappa shape index (κ3) is 3.34. The van der Waals surface area contributed by atoms with Crippen molar-refractivity contribution in [2.24, 2.45) is 5.92 Å². The number of rotatable bonds is 4. The number of aliphatic carboxylic acids is 1. The van der Waals surface area contributed by atoms with E-state index in [9.17, 15) is 9.18 Å². The zero-order valence-electron chi connectivity index (χ0n) is 10.4. The number of carboxylic acids is 1. The number of carbonyl (C=O) groups is 1. The highest BCUT2D eigenvalue weighted by Gasteiger charge is 2.13. The summed E-state index contributed by atoms with van der Waals surface area (Å²) in [5.74, 6) is -1.34. The average Bonchev–Trinajstić information content (AvgIpc) is 2.39. The van der Waals surface area contributed by atoms with Crippen molar-refractivity contribution in [1.29, 1.82) is 0 Å². The molecule has 0 bridgehead atoms. The second-order valence-electron chi connectivity index (χ2n) is 4.31. The van der Waals surface area contributed by atoms with Crippen molar-refractivity contribution in [3.8, 4) is 11.3 Å². The highest BCUT2D eigenvalue weighted by molar-refractivity contribution is 5.69. The molecular formula is C14H13FN2O2. The van der Waals surface area contributed by atoms with E-state index in [0.717, 1.165) is 0 Å². The van der Waals surface area contributed by atoms with Gasteiger partial charge in [-0.15, -0.1) is 0 Å². The van der Waals surface area contributed by atoms with Crippen molar-refractivity contribution < 1.29 is 14.3 Å². The molecule has 19 heavy (non-hydrogen) atoms. The third-order valence-corrected chi connectivity index (χ3v) is 2.74. The van der Waals surface area contributed by atoms with Gasteiger partial charge in [0, 0.05) is 18.2 Å². The molecule has 0 spiro atoms. The molecule has 1 aromatic carbocycles. The molecule has 2 rings (SSSR count). The second kappa shape index (κ2) is 5.56. The Balaban J connectivity index is 2.27. The van der Waals surface area contributed by atoms with Gasteiger partial charge in [0.25, 0.3) is 0 Å². The molecule has 2 aromatic rings. The summed E-state index contributed by atoms with van der Waals surface area (Å²) in [5, 5.41) is 8.86. The lowest BCUT2D eigenvalue weighted by molar-refractivity contribution is -0.141. The van der Waals surface area contributed by atoms with Crippen LogP contribution in [-0.4, -0.2) is 21.0 Å². The molecule has 1 N–H and O–H groups in total. The van der Waals surface area contributed by atoms with Gasteiger partial charge in [-0.25, -0.2) is 14.4 Å². The van der Waals surface area contributed by atoms with Gasteiger partial charge >= 0.3 is 5.97 Å². The Hall–Kier alpha value is -2.30. The van der Waals surface area contributed by atoms with Gasteiger partial charge in [0.05, 0.1) is 11.6 Å². The molecule has 1 aromatic heterocycles. The van der Waals surface area contributed by atoms with Gasteiger partial charge in [-0.2, -0.15) is 0 Å². The van der Waals surface area contributed by atoms with Crippen LogP contribution in [0, 0.1) is 11.7 Å². The van der Waals surface area contributed by atoms with Gasteiger partial charge in [-0.3, -0.25) is 4.79 Å². The largest absolute Gasteiger partial charge is 0.481 e. The molecule has 0 aliphatic carbocycles. The van der Waals surface area contributed by atoms with Crippen LogP contribution in [0.5, 0.6) is 0 Å². The first-order valence-electron chi connectivity index (χ1n) is 5.87. The van der Waals surface area contributed by atoms with E-state index >= 15 is 0 Å². The van der Waals surface area contributed by atoms with Gasteiger partial charge < -0.3 is 5.11 Å². The predicted octanol–water partition coefficient (Wildman–Crippen LogP) is 2.55. The number of halogens is 1. The zero-order chi connectivity index (χ0) is 13.8. The summed E-state index contributed by atoms with van der Waals surface area (Å²) in [6, 6.07) is 7.76. The number of carboxylic acid groups (broad SMARTS) is 1. The van der Waals surface area contributed by atoms with Gasteiger partial charge in [-0.05, 0) is 18.2 Å². The monoisotopic (exact) mass is 260 g/mol. The van der Waals surface area contributed by atoms with Crippen LogP contribution in [0.15, 0.2) is 36.5 Å². The molecule has 1 atom stereocenters. The van der Waals surface area contributed by atoms with Crippen molar-refractivity contribution in [2.75, 3.05) is 0 Å². The standard InChI is InChI=1S/C14H13FN2O2/c1-9(14(18)19)7-13-16-6-5-12(17-13)10-3-2-4-11(15)8-10/h2-6,8-9H,7H2,1H3,(H,18,19). The van der Waals surface area contributed by atoms with E-state index in [1.165, 1.54) is 12.1 Å². The van der Waals surface area contributed by atoms with Crippen LogP contribution in [-0.2, 0) is 11.2 Å². The van der Waals surface area contributed by atoms with Crippen LogP contribution in [0.2, 0.25) is 0 Å². The Morgan fingerprint density at radius 2 is 2.21 bits per heavy atom. The molecule has 0 aliphatic rings. The molecule has 1 unspecified atom stereocenters. The number of nitrogens with zero attached hydrogens (tertiary/aromatic N) is 2. The maximum absolute atomic E-state index is 13.1. The molecule has 98 valence electrons. The van der Waals surface area contributed by atoms with Crippen molar-refractivity contribution in [1.82, 2.24) is 9.97 Å². The van der Waals surface area contributed by atoms with Crippen molar-refractivity contribution in [2.45, 2.75) is 13.3 Å². The predicted molar refractivity (Wildman–Crippen MR) is 67.9 cm³/mol. The fourth-order valence-corrected chi connectivity index (χ4v) is 1.67.